The Kier molecular flexibility index (Phi) is 5.22. The molecule has 0 unspecified atom stereocenters. The van der Waals surface area contributed by atoms with Crippen LogP contribution in [-0.4, -0.2) is 17.8 Å². The molecule has 1 aromatic rings. The molecule has 0 aromatic heterocycles. The van der Waals surface area contributed by atoms with Crippen molar-refractivity contribution in [3.05, 3.63) is 33.1 Å². The second-order valence-electron chi connectivity index (χ2n) is 5.15. The van der Waals surface area contributed by atoms with Gasteiger partial charge in [0.1, 0.15) is 5.82 Å². The number of alkyl halides is 1. The highest BCUT2D eigenvalue weighted by Gasteiger charge is 2.33. The summed E-state index contributed by atoms with van der Waals surface area (Å²) in [7, 11) is 0. The van der Waals surface area contributed by atoms with E-state index in [0.29, 0.717) is 15.7 Å². The number of hydrogen-bond donors (Lipinski definition) is 1. The normalized spacial score (nSPS) is 17.4. The van der Waals surface area contributed by atoms with Crippen molar-refractivity contribution >= 4 is 44.4 Å². The van der Waals surface area contributed by atoms with Crippen molar-refractivity contribution in [3.8, 4) is 0 Å². The Labute approximate surface area is 134 Å². The van der Waals surface area contributed by atoms with Gasteiger partial charge in [-0.2, -0.15) is 0 Å². The predicted octanol–water partition coefficient (Wildman–Crippen LogP) is 4.12. The Bertz CT molecular complexity index is 475. The minimum absolute atomic E-state index is 0.114. The Morgan fingerprint density at radius 2 is 2.11 bits per heavy atom. The Morgan fingerprint density at radius 1 is 1.42 bits per heavy atom. The van der Waals surface area contributed by atoms with Gasteiger partial charge in [-0.05, 0) is 59.0 Å². The van der Waals surface area contributed by atoms with E-state index in [4.69, 9.17) is 0 Å². The number of amides is 1. The van der Waals surface area contributed by atoms with Crippen LogP contribution in [0.15, 0.2) is 18.2 Å². The van der Waals surface area contributed by atoms with E-state index in [1.807, 2.05) is 22.6 Å². The number of nitrogens with one attached hydrogen (secondary N) is 1. The lowest BCUT2D eigenvalue weighted by Crippen LogP contribution is -2.37. The molecule has 1 aromatic carbocycles. The molecule has 0 atom stereocenters. The van der Waals surface area contributed by atoms with Crippen LogP contribution < -0.4 is 5.32 Å². The molecular weight excluding hydrogens is 424 g/mol. The van der Waals surface area contributed by atoms with Gasteiger partial charge in [0.05, 0.1) is 5.56 Å². The van der Waals surface area contributed by atoms with Crippen molar-refractivity contribution in [2.45, 2.75) is 25.7 Å². The van der Waals surface area contributed by atoms with E-state index < -0.39 is 0 Å². The molecule has 19 heavy (non-hydrogen) atoms. The lowest BCUT2D eigenvalue weighted by molar-refractivity contribution is 0.0934. The molecule has 1 amide bonds. The highest BCUT2D eigenvalue weighted by molar-refractivity contribution is 14.1. The first-order chi connectivity index (χ1) is 9.06. The van der Waals surface area contributed by atoms with Crippen LogP contribution in [0.5, 0.6) is 0 Å². The average molecular weight is 440 g/mol. The number of carbonyl (C=O) groups excluding carboxylic acids is 1. The van der Waals surface area contributed by atoms with Crippen LogP contribution >= 0.6 is 38.5 Å². The summed E-state index contributed by atoms with van der Waals surface area (Å²) in [6, 6.07) is 4.25. The molecule has 1 aliphatic rings. The maximum Gasteiger partial charge on any atom is 0.252 e. The van der Waals surface area contributed by atoms with E-state index >= 15 is 0 Å². The Morgan fingerprint density at radius 3 is 2.68 bits per heavy atom. The van der Waals surface area contributed by atoms with Crippen molar-refractivity contribution in [2.75, 3.05) is 11.9 Å². The van der Waals surface area contributed by atoms with Gasteiger partial charge in [-0.3, -0.25) is 4.79 Å². The quantitative estimate of drug-likeness (QED) is 0.555. The molecule has 104 valence electrons. The molecular formula is C14H16BrFINO. The van der Waals surface area contributed by atoms with Crippen molar-refractivity contribution in [1.29, 1.82) is 0 Å². The maximum atomic E-state index is 13.0. The Hall–Kier alpha value is -0.170. The fraction of sp³-hybridized carbons (Fsp3) is 0.500. The SMILES string of the molecule is O=C(NCC1(CBr)CCCC1)c1ccc(F)cc1I. The summed E-state index contributed by atoms with van der Waals surface area (Å²) in [6.45, 7) is 0.685. The molecule has 0 saturated heterocycles. The molecule has 1 fully saturated rings. The molecule has 0 spiro atoms. The topological polar surface area (TPSA) is 29.1 Å². The molecule has 5 heteroatoms. The highest BCUT2D eigenvalue weighted by atomic mass is 127. The highest BCUT2D eigenvalue weighted by Crippen LogP contribution is 2.39. The van der Waals surface area contributed by atoms with E-state index in [9.17, 15) is 9.18 Å². The van der Waals surface area contributed by atoms with Crippen molar-refractivity contribution < 1.29 is 9.18 Å². The molecule has 0 bridgehead atoms. The summed E-state index contributed by atoms with van der Waals surface area (Å²) >= 11 is 5.55. The smallest absolute Gasteiger partial charge is 0.252 e. The lowest BCUT2D eigenvalue weighted by Gasteiger charge is -2.26. The zero-order valence-corrected chi connectivity index (χ0v) is 14.3. The first kappa shape index (κ1) is 15.2. The monoisotopic (exact) mass is 439 g/mol. The third-order valence-electron chi connectivity index (χ3n) is 3.75. The largest absolute Gasteiger partial charge is 0.351 e. The summed E-state index contributed by atoms with van der Waals surface area (Å²) in [5, 5.41) is 3.91. The zero-order valence-electron chi connectivity index (χ0n) is 10.5. The number of carbonyl (C=O) groups is 1. The van der Waals surface area contributed by atoms with E-state index in [1.54, 1.807) is 6.07 Å². The third-order valence-corrected chi connectivity index (χ3v) is 5.83. The first-order valence-electron chi connectivity index (χ1n) is 6.36. The summed E-state index contributed by atoms with van der Waals surface area (Å²) in [5.41, 5.74) is 0.742. The van der Waals surface area contributed by atoms with Crippen molar-refractivity contribution in [3.63, 3.8) is 0 Å². The fourth-order valence-corrected chi connectivity index (χ4v) is 4.00. The minimum Gasteiger partial charge on any atom is -0.351 e. The first-order valence-corrected chi connectivity index (χ1v) is 8.56. The fourth-order valence-electron chi connectivity index (χ4n) is 2.52. The number of hydrogen-bond acceptors (Lipinski definition) is 1. The third kappa shape index (κ3) is 3.68. The van der Waals surface area contributed by atoms with Crippen LogP contribution in [0.3, 0.4) is 0 Å². The van der Waals surface area contributed by atoms with E-state index in [2.05, 4.69) is 21.2 Å². The lowest BCUT2D eigenvalue weighted by atomic mass is 9.89. The molecule has 1 saturated carbocycles. The van der Waals surface area contributed by atoms with Gasteiger partial charge < -0.3 is 5.32 Å². The van der Waals surface area contributed by atoms with Crippen LogP contribution in [0, 0.1) is 14.8 Å². The van der Waals surface area contributed by atoms with Gasteiger partial charge in [-0.25, -0.2) is 4.39 Å². The molecule has 0 radical (unpaired) electrons. The van der Waals surface area contributed by atoms with Crippen molar-refractivity contribution in [1.82, 2.24) is 5.32 Å². The zero-order chi connectivity index (χ0) is 13.9. The van der Waals surface area contributed by atoms with Gasteiger partial charge in [-0.1, -0.05) is 28.8 Å². The van der Waals surface area contributed by atoms with Crippen LogP contribution in [0.1, 0.15) is 36.0 Å². The molecule has 0 aliphatic heterocycles. The van der Waals surface area contributed by atoms with Gasteiger partial charge in [0.15, 0.2) is 0 Å². The second kappa shape index (κ2) is 6.52. The maximum absolute atomic E-state index is 13.0. The summed E-state index contributed by atoms with van der Waals surface area (Å²) in [4.78, 5) is 12.1. The molecule has 1 N–H and O–H groups in total. The van der Waals surface area contributed by atoms with E-state index in [-0.39, 0.29) is 17.1 Å². The average Bonchev–Trinajstić information content (AvgIpc) is 2.85. The Balaban J connectivity index is 2.01. The van der Waals surface area contributed by atoms with Gasteiger partial charge in [0, 0.05) is 15.4 Å². The predicted molar refractivity (Wildman–Crippen MR) is 86.1 cm³/mol. The number of benzene rings is 1. The summed E-state index contributed by atoms with van der Waals surface area (Å²) in [5.74, 6) is -0.426. The van der Waals surface area contributed by atoms with Crippen LogP contribution in [0.4, 0.5) is 4.39 Å². The standard InChI is InChI=1S/C14H16BrFINO/c15-8-14(5-1-2-6-14)9-18-13(19)11-4-3-10(16)7-12(11)17/h3-4,7H,1-2,5-6,8-9H2,(H,18,19). The summed E-state index contributed by atoms with van der Waals surface area (Å²) in [6.07, 6.45) is 4.77. The second-order valence-corrected chi connectivity index (χ2v) is 6.87. The van der Waals surface area contributed by atoms with E-state index in [0.717, 1.165) is 18.2 Å². The molecule has 2 rings (SSSR count). The molecule has 1 aliphatic carbocycles. The van der Waals surface area contributed by atoms with Gasteiger partial charge in [0.25, 0.3) is 5.91 Å². The van der Waals surface area contributed by atoms with Crippen molar-refractivity contribution in [2.24, 2.45) is 5.41 Å². The minimum atomic E-state index is -0.311. The molecule has 2 nitrogen and oxygen atoms in total. The van der Waals surface area contributed by atoms with Crippen LogP contribution in [0.25, 0.3) is 0 Å². The van der Waals surface area contributed by atoms with Gasteiger partial charge in [0.2, 0.25) is 0 Å². The number of halogens is 3. The van der Waals surface area contributed by atoms with Gasteiger partial charge in [-0.15, -0.1) is 0 Å². The van der Waals surface area contributed by atoms with Crippen LogP contribution in [-0.2, 0) is 0 Å². The summed E-state index contributed by atoms with van der Waals surface area (Å²) < 4.78 is 13.7. The molecule has 0 heterocycles. The van der Waals surface area contributed by atoms with Crippen LogP contribution in [0.2, 0.25) is 0 Å². The van der Waals surface area contributed by atoms with Gasteiger partial charge >= 0.3 is 0 Å². The number of rotatable bonds is 4. The van der Waals surface area contributed by atoms with E-state index in [1.165, 1.54) is 25.0 Å².